The van der Waals surface area contributed by atoms with Crippen LogP contribution in [-0.4, -0.2) is 25.3 Å². The molecule has 0 rings (SSSR count). The van der Waals surface area contributed by atoms with E-state index in [9.17, 15) is 4.57 Å². The highest BCUT2D eigenvalue weighted by Gasteiger charge is 2.18. The zero-order valence-electron chi connectivity index (χ0n) is 6.22. The Morgan fingerprint density at radius 3 is 2.56 bits per heavy atom. The third-order valence-electron chi connectivity index (χ3n) is 1.05. The van der Waals surface area contributed by atoms with Crippen molar-refractivity contribution in [3.8, 4) is 0 Å². The van der Waals surface area contributed by atoms with Gasteiger partial charge in [-0.1, -0.05) is 16.7 Å². The summed E-state index contributed by atoms with van der Waals surface area (Å²) in [6.45, 7) is 2.95. The van der Waals surface area contributed by atoms with Crippen molar-refractivity contribution in [3.63, 3.8) is 0 Å². The van der Waals surface area contributed by atoms with Gasteiger partial charge in [0.25, 0.3) is 0 Å². The van der Waals surface area contributed by atoms with Crippen LogP contribution in [0.5, 0.6) is 0 Å². The van der Waals surface area contributed by atoms with Gasteiger partial charge in [0.05, 0.1) is 0 Å². The van der Waals surface area contributed by atoms with Crippen LogP contribution < -0.4 is 5.09 Å². The molecule has 1 atom stereocenters. The van der Waals surface area contributed by atoms with Gasteiger partial charge in [0.2, 0.25) is 0 Å². The largest absolute Gasteiger partial charge is 0.534 e. The van der Waals surface area contributed by atoms with Crippen molar-refractivity contribution in [1.82, 2.24) is 9.76 Å². The summed E-state index contributed by atoms with van der Waals surface area (Å²) in [5.74, 6) is 0. The minimum absolute atomic E-state index is 0.885. The van der Waals surface area contributed by atoms with Gasteiger partial charge in [0.15, 0.2) is 0 Å². The fourth-order valence-electron chi connectivity index (χ4n) is 0.585. The van der Waals surface area contributed by atoms with Gasteiger partial charge < -0.3 is 0 Å². The molecule has 0 bridgehead atoms. The van der Waals surface area contributed by atoms with E-state index in [-0.39, 0.29) is 0 Å². The fourth-order valence-corrected chi connectivity index (χ4v) is 1.31. The van der Waals surface area contributed by atoms with Gasteiger partial charge in [-0.2, -0.15) is 0 Å². The number of rotatable bonds is 4. The molecular weight excluding hydrogens is 135 g/mol. The van der Waals surface area contributed by atoms with Crippen molar-refractivity contribution in [2.24, 2.45) is 0 Å². The van der Waals surface area contributed by atoms with Gasteiger partial charge in [0, 0.05) is 20.6 Å². The summed E-state index contributed by atoms with van der Waals surface area (Å²) in [5, 5.41) is 2.68. The lowest BCUT2D eigenvalue weighted by Gasteiger charge is -1.98. The second kappa shape index (κ2) is 4.86. The zero-order valence-corrected chi connectivity index (χ0v) is 7.11. The van der Waals surface area contributed by atoms with Crippen LogP contribution in [0.1, 0.15) is 13.3 Å². The van der Waals surface area contributed by atoms with Gasteiger partial charge in [0.1, 0.15) is 0 Å². The molecule has 0 spiro atoms. The van der Waals surface area contributed by atoms with Gasteiger partial charge in [-0.3, -0.25) is 0 Å². The molecule has 1 N–H and O–H groups in total. The first-order chi connectivity index (χ1) is 4.22. The van der Waals surface area contributed by atoms with Crippen LogP contribution >= 0.6 is 8.10 Å². The van der Waals surface area contributed by atoms with Crippen LogP contribution in [0.25, 0.3) is 0 Å². The van der Waals surface area contributed by atoms with Crippen molar-refractivity contribution in [3.05, 3.63) is 0 Å². The Hall–Kier alpha value is 0.0200. The average Bonchev–Trinajstić information content (AvgIpc) is 1.87. The predicted octanol–water partition coefficient (Wildman–Crippen LogP) is 1.21. The highest BCUT2D eigenvalue weighted by atomic mass is 31.1. The van der Waals surface area contributed by atoms with Crippen molar-refractivity contribution >= 4 is 8.10 Å². The lowest BCUT2D eigenvalue weighted by Crippen LogP contribution is -2.14. The lowest BCUT2D eigenvalue weighted by atomic mass is 10.5. The molecule has 0 saturated carbocycles. The molecule has 0 aliphatic carbocycles. The fraction of sp³-hybridized carbons (Fsp3) is 1.00. The quantitative estimate of drug-likeness (QED) is 0.609. The third kappa shape index (κ3) is 3.57. The first-order valence-corrected chi connectivity index (χ1v) is 4.29. The van der Waals surface area contributed by atoms with Gasteiger partial charge in [-0.05, 0) is 11.0 Å². The third-order valence-corrected chi connectivity index (χ3v) is 2.25. The molecule has 0 amide bonds. The molecule has 0 aromatic rings. The Labute approximate surface area is 57.3 Å². The number of nitrogens with zero attached hydrogens (tertiary/aromatic N) is 1. The van der Waals surface area contributed by atoms with Crippen molar-refractivity contribution in [1.29, 1.82) is 0 Å². The van der Waals surface area contributed by atoms with E-state index in [4.69, 9.17) is 0 Å². The molecule has 0 aromatic heterocycles. The maximum absolute atomic E-state index is 10.9. The maximum atomic E-state index is 10.9. The van der Waals surface area contributed by atoms with E-state index in [0.29, 0.717) is 0 Å². The molecule has 54 valence electrons. The Morgan fingerprint density at radius 1 is 1.67 bits per heavy atom. The molecule has 1 unspecified atom stereocenters. The van der Waals surface area contributed by atoms with Crippen LogP contribution in [0.4, 0.5) is 0 Å². The van der Waals surface area contributed by atoms with E-state index >= 15 is 0 Å². The van der Waals surface area contributed by atoms with Crippen LogP contribution in [-0.2, 0) is 4.57 Å². The Balaban J connectivity index is 3.45. The molecule has 0 radical (unpaired) electrons. The van der Waals surface area contributed by atoms with Gasteiger partial charge in [-0.15, -0.1) is 0 Å². The summed E-state index contributed by atoms with van der Waals surface area (Å²) in [7, 11) is 2.23. The van der Waals surface area contributed by atoms with Crippen LogP contribution in [0.3, 0.4) is 0 Å². The van der Waals surface area contributed by atoms with E-state index in [1.807, 2.05) is 7.05 Å². The van der Waals surface area contributed by atoms with Crippen LogP contribution in [0, 0.1) is 0 Å². The van der Waals surface area contributed by atoms with E-state index in [0.717, 1.165) is 13.0 Å². The Morgan fingerprint density at radius 2 is 2.22 bits per heavy atom. The van der Waals surface area contributed by atoms with Crippen molar-refractivity contribution in [2.45, 2.75) is 13.3 Å². The number of hydrogen-bond acceptors (Lipinski definition) is 1. The zero-order chi connectivity index (χ0) is 7.28. The summed E-state index contributed by atoms with van der Waals surface area (Å²) in [4.78, 5) is 0. The molecule has 0 heterocycles. The van der Waals surface area contributed by atoms with Crippen LogP contribution in [0.2, 0.25) is 0 Å². The second-order valence-electron chi connectivity index (χ2n) is 1.88. The first-order valence-electron chi connectivity index (χ1n) is 3.08. The minimum atomic E-state index is -1.31. The second-order valence-corrected chi connectivity index (χ2v) is 3.55. The standard InChI is InChI=1S/C5H14N2OP/c1-4-5-7(3)9(8)6-2/h4-5H2,1-3H3,(H,6,8)/q+1. The van der Waals surface area contributed by atoms with Crippen molar-refractivity contribution < 1.29 is 4.57 Å². The van der Waals surface area contributed by atoms with E-state index in [1.54, 1.807) is 11.7 Å². The molecule has 0 saturated heterocycles. The van der Waals surface area contributed by atoms with E-state index in [2.05, 4.69) is 12.0 Å². The van der Waals surface area contributed by atoms with E-state index in [1.165, 1.54) is 0 Å². The van der Waals surface area contributed by atoms with E-state index < -0.39 is 8.10 Å². The molecule has 0 aliphatic rings. The minimum Gasteiger partial charge on any atom is -0.0943 e. The Kier molecular flexibility index (Phi) is 4.87. The molecule has 4 heteroatoms. The SMILES string of the molecule is CCCN(C)[P+](=O)NC. The summed E-state index contributed by atoms with van der Waals surface area (Å²) in [5.41, 5.74) is 0. The van der Waals surface area contributed by atoms with Crippen LogP contribution in [0.15, 0.2) is 0 Å². The molecule has 0 aliphatic heterocycles. The summed E-state index contributed by atoms with van der Waals surface area (Å²) in [6, 6.07) is 0. The highest BCUT2D eigenvalue weighted by Crippen LogP contribution is 2.17. The monoisotopic (exact) mass is 149 g/mol. The molecular formula is C5H14N2OP+. The highest BCUT2D eigenvalue weighted by molar-refractivity contribution is 7.39. The smallest absolute Gasteiger partial charge is 0.0943 e. The molecule has 0 aromatic carbocycles. The molecule has 0 fully saturated rings. The van der Waals surface area contributed by atoms with Gasteiger partial charge >= 0.3 is 8.10 Å². The summed E-state index contributed by atoms with van der Waals surface area (Å²) >= 11 is 0. The Bertz CT molecular complexity index is 97.0. The summed E-state index contributed by atoms with van der Waals surface area (Å²) in [6.07, 6.45) is 1.04. The predicted molar refractivity (Wildman–Crippen MR) is 39.6 cm³/mol. The lowest BCUT2D eigenvalue weighted by molar-refractivity contribution is 0.478. The topological polar surface area (TPSA) is 32.3 Å². The maximum Gasteiger partial charge on any atom is 0.534 e. The van der Waals surface area contributed by atoms with Crippen molar-refractivity contribution in [2.75, 3.05) is 20.6 Å². The molecule has 3 nitrogen and oxygen atoms in total. The average molecular weight is 149 g/mol. The summed E-state index contributed by atoms with van der Waals surface area (Å²) < 4.78 is 12.7. The molecule has 9 heavy (non-hydrogen) atoms. The van der Waals surface area contributed by atoms with Gasteiger partial charge in [-0.25, -0.2) is 0 Å². The number of hydrogen-bond donors (Lipinski definition) is 1. The normalized spacial score (nSPS) is 12.2. The first kappa shape index (κ1) is 9.02. The number of nitrogens with one attached hydrogen (secondary N) is 1.